The lowest BCUT2D eigenvalue weighted by atomic mass is 9.97. The van der Waals surface area contributed by atoms with Crippen LogP contribution in [0, 0.1) is 0 Å². The molecule has 2 aromatic rings. The van der Waals surface area contributed by atoms with Gasteiger partial charge in [0.2, 0.25) is 0 Å². The van der Waals surface area contributed by atoms with Gasteiger partial charge in [0.05, 0.1) is 11.7 Å². The van der Waals surface area contributed by atoms with E-state index in [9.17, 15) is 0 Å². The van der Waals surface area contributed by atoms with Crippen LogP contribution in [0.4, 0.5) is 0 Å². The highest BCUT2D eigenvalue weighted by molar-refractivity contribution is 7.99. The first kappa shape index (κ1) is 16.5. The molecule has 0 saturated carbocycles. The van der Waals surface area contributed by atoms with Crippen LogP contribution in [0.15, 0.2) is 77.5 Å². The number of allylic oxidation sites excluding steroid dienone is 1. The molecule has 4 rings (SSSR count). The minimum atomic E-state index is 0.301. The fourth-order valence-corrected chi connectivity index (χ4v) is 4.73. The molecule has 1 unspecified atom stereocenters. The quantitative estimate of drug-likeness (QED) is 0.833. The van der Waals surface area contributed by atoms with Crippen molar-refractivity contribution in [2.24, 2.45) is 0 Å². The lowest BCUT2D eigenvalue weighted by molar-refractivity contribution is 0.259. The van der Waals surface area contributed by atoms with Crippen LogP contribution in [0.5, 0.6) is 0 Å². The molecule has 0 fully saturated rings. The number of hydrogen-bond donors (Lipinski definition) is 1. The van der Waals surface area contributed by atoms with E-state index in [0.29, 0.717) is 6.04 Å². The zero-order valence-corrected chi connectivity index (χ0v) is 15.4. The van der Waals surface area contributed by atoms with E-state index in [1.54, 1.807) is 0 Å². The number of nitrogens with one attached hydrogen (secondary N) is 1. The van der Waals surface area contributed by atoms with Crippen molar-refractivity contribution in [3.8, 4) is 0 Å². The molecule has 0 aliphatic carbocycles. The number of nitrogens with zero attached hydrogens (tertiary/aromatic N) is 1. The second-order valence-electron chi connectivity index (χ2n) is 6.57. The largest absolute Gasteiger partial charge is 0.307 e. The average molecular weight is 349 g/mol. The van der Waals surface area contributed by atoms with Crippen LogP contribution in [0.3, 0.4) is 0 Å². The van der Waals surface area contributed by atoms with E-state index in [-0.39, 0.29) is 0 Å². The smallest absolute Gasteiger partial charge is 0.0753 e. The molecule has 0 radical (unpaired) electrons. The van der Waals surface area contributed by atoms with Crippen LogP contribution >= 0.6 is 11.8 Å². The van der Waals surface area contributed by atoms with Crippen molar-refractivity contribution in [3.63, 3.8) is 0 Å². The van der Waals surface area contributed by atoms with Gasteiger partial charge >= 0.3 is 0 Å². The lowest BCUT2D eigenvalue weighted by Gasteiger charge is -2.26. The monoisotopic (exact) mass is 348 g/mol. The van der Waals surface area contributed by atoms with Gasteiger partial charge in [0.15, 0.2) is 0 Å². The predicted octanol–water partition coefficient (Wildman–Crippen LogP) is 5.04. The van der Waals surface area contributed by atoms with Crippen molar-refractivity contribution in [1.82, 2.24) is 10.4 Å². The Morgan fingerprint density at radius 1 is 1.04 bits per heavy atom. The Hall–Kier alpha value is -1.97. The molecule has 2 heterocycles. The molecule has 3 heteroatoms. The van der Waals surface area contributed by atoms with E-state index in [4.69, 9.17) is 0 Å². The normalized spacial score (nSPS) is 21.7. The molecule has 2 aliphatic rings. The van der Waals surface area contributed by atoms with Crippen LogP contribution in [-0.4, -0.2) is 23.1 Å². The summed E-state index contributed by atoms with van der Waals surface area (Å²) >= 11 is 2.02. The first-order valence-corrected chi connectivity index (χ1v) is 10.2. The molecule has 1 atom stereocenters. The molecule has 25 heavy (non-hydrogen) atoms. The Kier molecular flexibility index (Phi) is 4.95. The third-order valence-corrected chi connectivity index (χ3v) is 5.78. The van der Waals surface area contributed by atoms with Gasteiger partial charge in [-0.2, -0.15) is 11.8 Å². The molecular formula is C22H24N2S. The van der Waals surface area contributed by atoms with Crippen LogP contribution in [0.1, 0.15) is 30.5 Å². The molecule has 0 bridgehead atoms. The minimum Gasteiger partial charge on any atom is -0.307 e. The summed E-state index contributed by atoms with van der Waals surface area (Å²) in [6.45, 7) is 3.29. The molecule has 2 aromatic carbocycles. The molecule has 1 N–H and O–H groups in total. The summed E-state index contributed by atoms with van der Waals surface area (Å²) in [5.74, 6) is 2.19. The van der Waals surface area contributed by atoms with Gasteiger partial charge in [0.1, 0.15) is 0 Å². The first-order valence-electron chi connectivity index (χ1n) is 9.02. The van der Waals surface area contributed by atoms with E-state index in [1.165, 1.54) is 28.0 Å². The van der Waals surface area contributed by atoms with Gasteiger partial charge in [-0.25, -0.2) is 5.43 Å². The number of hydrazine groups is 1. The standard InChI is InChI=1S/C22H24N2S/c1-2-13-24-22-19(14-17-9-5-3-6-10-17)15-25-16-20(22)21(23-24)18-11-7-4-8-12-18/h3-12,14,21,23H,2,13,15-16H2,1H3. The van der Waals surface area contributed by atoms with Gasteiger partial charge in [-0.15, -0.1) is 0 Å². The molecule has 0 spiro atoms. The van der Waals surface area contributed by atoms with Gasteiger partial charge in [0, 0.05) is 18.1 Å². The van der Waals surface area contributed by atoms with Crippen molar-refractivity contribution in [2.45, 2.75) is 19.4 Å². The van der Waals surface area contributed by atoms with Gasteiger partial charge in [-0.1, -0.05) is 67.6 Å². The summed E-state index contributed by atoms with van der Waals surface area (Å²) in [5, 5.41) is 2.39. The maximum atomic E-state index is 3.77. The molecule has 0 saturated heterocycles. The highest BCUT2D eigenvalue weighted by atomic mass is 32.2. The Morgan fingerprint density at radius 3 is 2.48 bits per heavy atom. The van der Waals surface area contributed by atoms with Gasteiger partial charge < -0.3 is 5.01 Å². The van der Waals surface area contributed by atoms with E-state index >= 15 is 0 Å². The first-order chi connectivity index (χ1) is 12.4. The molecule has 2 nitrogen and oxygen atoms in total. The summed E-state index contributed by atoms with van der Waals surface area (Å²) in [4.78, 5) is 0. The topological polar surface area (TPSA) is 15.3 Å². The summed E-state index contributed by atoms with van der Waals surface area (Å²) < 4.78 is 0. The second-order valence-corrected chi connectivity index (χ2v) is 7.56. The van der Waals surface area contributed by atoms with Crippen LogP contribution in [0.25, 0.3) is 6.08 Å². The molecular weight excluding hydrogens is 324 g/mol. The zero-order valence-electron chi connectivity index (χ0n) is 14.6. The van der Waals surface area contributed by atoms with Gasteiger partial charge in [0.25, 0.3) is 0 Å². The van der Waals surface area contributed by atoms with Crippen molar-refractivity contribution < 1.29 is 0 Å². The van der Waals surface area contributed by atoms with Crippen molar-refractivity contribution in [2.75, 3.05) is 18.1 Å². The minimum absolute atomic E-state index is 0.301. The van der Waals surface area contributed by atoms with Gasteiger partial charge in [-0.3, -0.25) is 0 Å². The summed E-state index contributed by atoms with van der Waals surface area (Å²) in [7, 11) is 0. The molecule has 0 aromatic heterocycles. The summed E-state index contributed by atoms with van der Waals surface area (Å²) in [6, 6.07) is 21.8. The van der Waals surface area contributed by atoms with Crippen LogP contribution < -0.4 is 5.43 Å². The van der Waals surface area contributed by atoms with Crippen LogP contribution in [-0.2, 0) is 0 Å². The number of hydrogen-bond acceptors (Lipinski definition) is 3. The van der Waals surface area contributed by atoms with Crippen LogP contribution in [0.2, 0.25) is 0 Å². The van der Waals surface area contributed by atoms with Crippen molar-refractivity contribution in [1.29, 1.82) is 0 Å². The van der Waals surface area contributed by atoms with Gasteiger partial charge in [-0.05, 0) is 34.8 Å². The lowest BCUT2D eigenvalue weighted by Crippen LogP contribution is -2.34. The predicted molar refractivity (Wildman–Crippen MR) is 108 cm³/mol. The molecule has 2 aliphatic heterocycles. The number of benzene rings is 2. The fraction of sp³-hybridized carbons (Fsp3) is 0.273. The van der Waals surface area contributed by atoms with E-state index in [1.807, 2.05) is 11.8 Å². The Labute approximate surface area is 154 Å². The maximum absolute atomic E-state index is 3.77. The Balaban J connectivity index is 1.76. The summed E-state index contributed by atoms with van der Waals surface area (Å²) in [6.07, 6.45) is 3.50. The van der Waals surface area contributed by atoms with E-state index in [2.05, 4.69) is 84.1 Å². The molecule has 0 amide bonds. The highest BCUT2D eigenvalue weighted by Gasteiger charge is 2.35. The SMILES string of the molecule is CCCN1NC(c2ccccc2)C2=C1C(=Cc1ccccc1)CSC2. The second kappa shape index (κ2) is 7.51. The fourth-order valence-electron chi connectivity index (χ4n) is 3.66. The third-order valence-electron chi connectivity index (χ3n) is 4.75. The molecule has 128 valence electrons. The number of rotatable bonds is 4. The Bertz CT molecular complexity index is 780. The van der Waals surface area contributed by atoms with E-state index < -0.39 is 0 Å². The van der Waals surface area contributed by atoms with Crippen molar-refractivity contribution >= 4 is 17.8 Å². The maximum Gasteiger partial charge on any atom is 0.0753 e. The Morgan fingerprint density at radius 2 is 1.76 bits per heavy atom. The highest BCUT2D eigenvalue weighted by Crippen LogP contribution is 2.42. The summed E-state index contributed by atoms with van der Waals surface area (Å²) in [5.41, 5.74) is 10.8. The van der Waals surface area contributed by atoms with E-state index in [0.717, 1.165) is 24.5 Å². The zero-order chi connectivity index (χ0) is 17.1. The number of thioether (sulfide) groups is 1. The third kappa shape index (κ3) is 3.39. The van der Waals surface area contributed by atoms with Crippen molar-refractivity contribution in [3.05, 3.63) is 88.6 Å². The average Bonchev–Trinajstić information content (AvgIpc) is 3.03.